The molecule has 4 heteroatoms. The van der Waals surface area contributed by atoms with Crippen LogP contribution in [0.1, 0.15) is 28.9 Å². The maximum atomic E-state index is 3.96. The number of aryl methyl sites for hydroxylation is 2. The molecule has 0 saturated heterocycles. The lowest BCUT2D eigenvalue weighted by Crippen LogP contribution is -3.00. The highest BCUT2D eigenvalue weighted by Gasteiger charge is 2.35. The minimum absolute atomic E-state index is 0. The zero-order valence-corrected chi connectivity index (χ0v) is 19.8. The fourth-order valence-corrected chi connectivity index (χ4v) is 4.23. The van der Waals surface area contributed by atoms with Crippen molar-refractivity contribution in [3.05, 3.63) is 126 Å². The molecule has 3 nitrogen and oxygen atoms in total. The summed E-state index contributed by atoms with van der Waals surface area (Å²) in [4.78, 5) is 0. The Balaban J connectivity index is 0.00000272. The quantitative estimate of drug-likeness (QED) is 0.233. The first kappa shape index (κ1) is 23.0. The monoisotopic (exact) mass is 475 g/mol. The van der Waals surface area contributed by atoms with Gasteiger partial charge in [-0.3, -0.25) is 5.32 Å². The molecule has 1 aromatic heterocycles. The van der Waals surface area contributed by atoms with Crippen molar-refractivity contribution < 1.29 is 21.5 Å². The molecule has 0 aliphatic rings. The van der Waals surface area contributed by atoms with Crippen LogP contribution in [-0.4, -0.2) is 11.1 Å². The summed E-state index contributed by atoms with van der Waals surface area (Å²) in [5.41, 5.74) is 3.38. The summed E-state index contributed by atoms with van der Waals surface area (Å²) in [5, 5.41) is 3.96. The molecule has 0 amide bonds. The minimum Gasteiger partial charge on any atom is -1.00 e. The summed E-state index contributed by atoms with van der Waals surface area (Å²) < 4.78 is 4.48. The molecule has 0 unspecified atom stereocenters. The van der Waals surface area contributed by atoms with Gasteiger partial charge in [-0.05, 0) is 23.1 Å². The van der Waals surface area contributed by atoms with Gasteiger partial charge < -0.3 is 17.0 Å². The van der Waals surface area contributed by atoms with E-state index in [0.717, 1.165) is 19.5 Å². The Labute approximate surface area is 196 Å². The van der Waals surface area contributed by atoms with Gasteiger partial charge in [-0.25, -0.2) is 9.13 Å². The molecule has 0 aliphatic carbocycles. The van der Waals surface area contributed by atoms with Crippen LogP contribution in [0.3, 0.4) is 0 Å². The number of aromatic nitrogens is 2. The number of halogens is 1. The van der Waals surface area contributed by atoms with Crippen LogP contribution in [0, 0.1) is 6.92 Å². The van der Waals surface area contributed by atoms with E-state index in [1.54, 1.807) is 0 Å². The summed E-state index contributed by atoms with van der Waals surface area (Å²) in [6.45, 7) is 4.06. The average molecular weight is 476 g/mol. The number of benzene rings is 3. The van der Waals surface area contributed by atoms with E-state index >= 15 is 0 Å². The number of nitrogens with zero attached hydrogens (tertiary/aromatic N) is 2. The molecule has 0 spiro atoms. The van der Waals surface area contributed by atoms with Gasteiger partial charge in [0.25, 0.3) is 5.82 Å². The van der Waals surface area contributed by atoms with E-state index in [-0.39, 0.29) is 22.5 Å². The van der Waals surface area contributed by atoms with Crippen LogP contribution in [0.15, 0.2) is 103 Å². The van der Waals surface area contributed by atoms with Gasteiger partial charge in [-0.1, -0.05) is 91.0 Å². The molecule has 1 heterocycles. The van der Waals surface area contributed by atoms with Crippen LogP contribution in [0.5, 0.6) is 0 Å². The third kappa shape index (κ3) is 4.81. The third-order valence-electron chi connectivity index (χ3n) is 5.98. The van der Waals surface area contributed by atoms with E-state index in [9.17, 15) is 0 Å². The summed E-state index contributed by atoms with van der Waals surface area (Å²) in [6, 6.07) is 32.4. The zero-order valence-electron chi connectivity index (χ0n) is 18.2. The summed E-state index contributed by atoms with van der Waals surface area (Å²) in [6.07, 6.45) is 5.32. The van der Waals surface area contributed by atoms with E-state index in [1.165, 1.54) is 22.5 Å². The van der Waals surface area contributed by atoms with Gasteiger partial charge in [0, 0.05) is 13.5 Å². The molecule has 0 aliphatic heterocycles. The molecule has 4 aromatic rings. The zero-order chi connectivity index (χ0) is 20.8. The molecule has 160 valence electrons. The Hall–Kier alpha value is -2.69. The average Bonchev–Trinajstić information content (AvgIpc) is 3.13. The Bertz CT molecular complexity index is 963. The number of hydrogen-bond acceptors (Lipinski definition) is 1. The second kappa shape index (κ2) is 10.6. The molecular weight excluding hydrogens is 446 g/mol. The molecule has 0 atom stereocenters. The molecule has 0 fully saturated rings. The Morgan fingerprint density at radius 1 is 0.774 bits per heavy atom. The van der Waals surface area contributed by atoms with Crippen molar-refractivity contribution in [3.8, 4) is 0 Å². The molecule has 31 heavy (non-hydrogen) atoms. The molecule has 1 N–H and O–H groups in total. The molecule has 4 rings (SSSR count). The van der Waals surface area contributed by atoms with E-state index < -0.39 is 0 Å². The predicted octanol–water partition coefficient (Wildman–Crippen LogP) is 1.60. The minimum atomic E-state index is -0.389. The first-order valence-electron chi connectivity index (χ1n) is 10.6. The van der Waals surface area contributed by atoms with Crippen molar-refractivity contribution >= 4 is 0 Å². The Morgan fingerprint density at radius 3 is 1.61 bits per heavy atom. The normalized spacial score (nSPS) is 11.2. The Morgan fingerprint density at radius 2 is 1.23 bits per heavy atom. The van der Waals surface area contributed by atoms with Gasteiger partial charge in [-0.15, -0.1) is 0 Å². The van der Waals surface area contributed by atoms with Crippen LogP contribution in [0.2, 0.25) is 0 Å². The first-order valence-corrected chi connectivity index (χ1v) is 10.6. The topological polar surface area (TPSA) is 20.8 Å². The SMILES string of the molecule is Cc1n(CCCNC(c2ccccc2)(c2ccccc2)c2ccccc2)cc[n+]1C.[Br-]. The van der Waals surface area contributed by atoms with Crippen LogP contribution >= 0.6 is 0 Å². The van der Waals surface area contributed by atoms with E-state index in [0.29, 0.717) is 0 Å². The van der Waals surface area contributed by atoms with Gasteiger partial charge in [0.2, 0.25) is 0 Å². The lowest BCUT2D eigenvalue weighted by atomic mass is 9.77. The van der Waals surface area contributed by atoms with Gasteiger partial charge in [-0.2, -0.15) is 0 Å². The highest BCUT2D eigenvalue weighted by molar-refractivity contribution is 5.49. The number of nitrogens with one attached hydrogen (secondary N) is 1. The fraction of sp³-hybridized carbons (Fsp3) is 0.222. The van der Waals surface area contributed by atoms with Crippen molar-refractivity contribution in [2.24, 2.45) is 7.05 Å². The van der Waals surface area contributed by atoms with Crippen molar-refractivity contribution in [3.63, 3.8) is 0 Å². The summed E-state index contributed by atoms with van der Waals surface area (Å²) >= 11 is 0. The Kier molecular flexibility index (Phi) is 7.83. The van der Waals surface area contributed by atoms with E-state index in [1.807, 2.05) is 0 Å². The second-order valence-electron chi connectivity index (χ2n) is 7.78. The molecule has 0 saturated carbocycles. The summed E-state index contributed by atoms with van der Waals surface area (Å²) in [7, 11) is 2.09. The largest absolute Gasteiger partial charge is 1.00 e. The van der Waals surface area contributed by atoms with Gasteiger partial charge >= 0.3 is 0 Å². The van der Waals surface area contributed by atoms with Gasteiger partial charge in [0.15, 0.2) is 0 Å². The summed E-state index contributed by atoms with van der Waals surface area (Å²) in [5.74, 6) is 1.27. The van der Waals surface area contributed by atoms with E-state index in [2.05, 4.69) is 132 Å². The number of imidazole rings is 1. The standard InChI is InChI=1S/C27H30N3.BrH/c1-23-29(2)21-22-30(23)20-12-19-28-27(24-13-6-3-7-14-24,25-15-8-4-9-16-25)26-17-10-5-11-18-26;/h3-11,13-18,21-22,28H,12,19-20H2,1-2H3;1H/q+1;/p-1. The van der Waals surface area contributed by atoms with Crippen molar-refractivity contribution in [2.45, 2.75) is 25.4 Å². The maximum absolute atomic E-state index is 3.96. The molecule has 0 bridgehead atoms. The van der Waals surface area contributed by atoms with Crippen LogP contribution < -0.4 is 26.9 Å². The smallest absolute Gasteiger partial charge is 0.253 e. The van der Waals surface area contributed by atoms with Crippen molar-refractivity contribution in [1.29, 1.82) is 0 Å². The third-order valence-corrected chi connectivity index (χ3v) is 5.98. The number of rotatable bonds is 8. The maximum Gasteiger partial charge on any atom is 0.253 e. The highest BCUT2D eigenvalue weighted by Crippen LogP contribution is 2.36. The first-order chi connectivity index (χ1) is 14.7. The van der Waals surface area contributed by atoms with Crippen LogP contribution in [-0.2, 0) is 19.1 Å². The second-order valence-corrected chi connectivity index (χ2v) is 7.78. The number of hydrogen-bond donors (Lipinski definition) is 1. The van der Waals surface area contributed by atoms with Crippen LogP contribution in [0.25, 0.3) is 0 Å². The molecule has 0 radical (unpaired) electrons. The van der Waals surface area contributed by atoms with Gasteiger partial charge in [0.1, 0.15) is 12.4 Å². The lowest BCUT2D eigenvalue weighted by molar-refractivity contribution is -0.677. The van der Waals surface area contributed by atoms with Gasteiger partial charge in [0.05, 0.1) is 19.1 Å². The van der Waals surface area contributed by atoms with Crippen LogP contribution in [0.4, 0.5) is 0 Å². The lowest BCUT2D eigenvalue weighted by Gasteiger charge is -2.37. The predicted molar refractivity (Wildman–Crippen MR) is 122 cm³/mol. The highest BCUT2D eigenvalue weighted by atomic mass is 79.9. The van der Waals surface area contributed by atoms with E-state index in [4.69, 9.17) is 0 Å². The molecular formula is C27H30BrN3. The van der Waals surface area contributed by atoms with Crippen molar-refractivity contribution in [2.75, 3.05) is 6.54 Å². The fourth-order valence-electron chi connectivity index (χ4n) is 4.23. The van der Waals surface area contributed by atoms with Crippen molar-refractivity contribution in [1.82, 2.24) is 9.88 Å². The molecule has 3 aromatic carbocycles.